The highest BCUT2D eigenvalue weighted by molar-refractivity contribution is 5.15. The molecule has 0 aliphatic rings. The third-order valence-corrected chi connectivity index (χ3v) is 3.66. The van der Waals surface area contributed by atoms with Crippen LogP contribution in [0.5, 0.6) is 0 Å². The minimum Gasteiger partial charge on any atom is -0.330 e. The van der Waals surface area contributed by atoms with Crippen LogP contribution in [-0.2, 0) is 6.42 Å². The first-order valence-electron chi connectivity index (χ1n) is 7.60. The summed E-state index contributed by atoms with van der Waals surface area (Å²) in [7, 11) is 0. The Labute approximate surface area is 113 Å². The van der Waals surface area contributed by atoms with Crippen molar-refractivity contribution in [1.82, 2.24) is 0 Å². The van der Waals surface area contributed by atoms with Gasteiger partial charge in [0.25, 0.3) is 0 Å². The van der Waals surface area contributed by atoms with E-state index in [-0.39, 0.29) is 0 Å². The highest BCUT2D eigenvalue weighted by Crippen LogP contribution is 2.19. The maximum Gasteiger partial charge on any atom is -0.00745 e. The molecule has 2 N–H and O–H groups in total. The Hall–Kier alpha value is -0.820. The Morgan fingerprint density at radius 1 is 0.944 bits per heavy atom. The van der Waals surface area contributed by atoms with Crippen LogP contribution in [0, 0.1) is 5.92 Å². The number of hydrogen-bond donors (Lipinski definition) is 1. The van der Waals surface area contributed by atoms with Crippen molar-refractivity contribution < 1.29 is 0 Å². The summed E-state index contributed by atoms with van der Waals surface area (Å²) in [5.41, 5.74) is 7.20. The van der Waals surface area contributed by atoms with Gasteiger partial charge < -0.3 is 5.73 Å². The highest BCUT2D eigenvalue weighted by atomic mass is 14.5. The van der Waals surface area contributed by atoms with Gasteiger partial charge in [0.05, 0.1) is 0 Å². The van der Waals surface area contributed by atoms with E-state index in [0.29, 0.717) is 0 Å². The van der Waals surface area contributed by atoms with Gasteiger partial charge in [-0.1, -0.05) is 75.8 Å². The number of benzene rings is 1. The summed E-state index contributed by atoms with van der Waals surface area (Å²) in [6.45, 7) is 3.10. The molecule has 0 aliphatic carbocycles. The second-order valence-electron chi connectivity index (χ2n) is 5.34. The SMILES string of the molecule is CCCCCCCC(CCN)Cc1ccccc1. The number of unbranched alkanes of at least 4 members (excludes halogenated alkanes) is 4. The van der Waals surface area contributed by atoms with Crippen molar-refractivity contribution >= 4 is 0 Å². The lowest BCUT2D eigenvalue weighted by Gasteiger charge is -2.16. The van der Waals surface area contributed by atoms with E-state index < -0.39 is 0 Å². The molecule has 1 atom stereocenters. The van der Waals surface area contributed by atoms with Crippen molar-refractivity contribution in [3.63, 3.8) is 0 Å². The van der Waals surface area contributed by atoms with Crippen molar-refractivity contribution in [2.75, 3.05) is 6.54 Å². The Balaban J connectivity index is 2.26. The van der Waals surface area contributed by atoms with Crippen LogP contribution in [-0.4, -0.2) is 6.54 Å². The molecule has 102 valence electrons. The van der Waals surface area contributed by atoms with Gasteiger partial charge in [-0.2, -0.15) is 0 Å². The zero-order valence-corrected chi connectivity index (χ0v) is 11.9. The molecule has 0 bridgehead atoms. The summed E-state index contributed by atoms with van der Waals surface area (Å²) >= 11 is 0. The van der Waals surface area contributed by atoms with E-state index >= 15 is 0 Å². The molecule has 0 heterocycles. The van der Waals surface area contributed by atoms with E-state index in [9.17, 15) is 0 Å². The molecule has 18 heavy (non-hydrogen) atoms. The molecule has 0 saturated heterocycles. The lowest BCUT2D eigenvalue weighted by molar-refractivity contribution is 0.427. The van der Waals surface area contributed by atoms with Gasteiger partial charge in [-0.05, 0) is 30.9 Å². The van der Waals surface area contributed by atoms with E-state index in [4.69, 9.17) is 5.73 Å². The Morgan fingerprint density at radius 2 is 1.67 bits per heavy atom. The molecule has 0 radical (unpaired) electrons. The summed E-state index contributed by atoms with van der Waals surface area (Å²) in [5, 5.41) is 0. The van der Waals surface area contributed by atoms with Crippen LogP contribution in [0.2, 0.25) is 0 Å². The molecule has 1 nitrogen and oxygen atoms in total. The normalized spacial score (nSPS) is 12.6. The molecule has 0 spiro atoms. The summed E-state index contributed by atoms with van der Waals surface area (Å²) in [6, 6.07) is 10.8. The lowest BCUT2D eigenvalue weighted by atomic mass is 9.91. The Kier molecular flexibility index (Phi) is 8.58. The van der Waals surface area contributed by atoms with Gasteiger partial charge in [0.15, 0.2) is 0 Å². The average molecular weight is 247 g/mol. The molecule has 0 aliphatic heterocycles. The quantitative estimate of drug-likeness (QED) is 0.603. The topological polar surface area (TPSA) is 26.0 Å². The van der Waals surface area contributed by atoms with Gasteiger partial charge in [-0.15, -0.1) is 0 Å². The van der Waals surface area contributed by atoms with Gasteiger partial charge in [0, 0.05) is 0 Å². The Bertz CT molecular complexity index is 281. The van der Waals surface area contributed by atoms with Gasteiger partial charge in [0.2, 0.25) is 0 Å². The monoisotopic (exact) mass is 247 g/mol. The van der Waals surface area contributed by atoms with E-state index in [1.807, 2.05) is 0 Å². The predicted molar refractivity (Wildman–Crippen MR) is 80.7 cm³/mol. The lowest BCUT2D eigenvalue weighted by Crippen LogP contribution is -2.11. The van der Waals surface area contributed by atoms with E-state index in [2.05, 4.69) is 37.3 Å². The molecule has 1 aromatic rings. The summed E-state index contributed by atoms with van der Waals surface area (Å²) < 4.78 is 0. The number of rotatable bonds is 10. The van der Waals surface area contributed by atoms with Crippen LogP contribution in [0.3, 0.4) is 0 Å². The maximum absolute atomic E-state index is 5.74. The van der Waals surface area contributed by atoms with Gasteiger partial charge >= 0.3 is 0 Å². The van der Waals surface area contributed by atoms with Crippen LogP contribution in [0.15, 0.2) is 30.3 Å². The van der Waals surface area contributed by atoms with Crippen molar-refractivity contribution in [3.05, 3.63) is 35.9 Å². The number of nitrogens with two attached hydrogens (primary N) is 1. The zero-order valence-electron chi connectivity index (χ0n) is 11.9. The minimum atomic E-state index is 0.777. The van der Waals surface area contributed by atoms with E-state index in [1.54, 1.807) is 0 Å². The molecule has 0 aromatic heterocycles. The van der Waals surface area contributed by atoms with Crippen LogP contribution in [0.1, 0.15) is 57.4 Å². The minimum absolute atomic E-state index is 0.777. The summed E-state index contributed by atoms with van der Waals surface area (Å²) in [4.78, 5) is 0. The molecule has 1 unspecified atom stereocenters. The molecule has 1 rings (SSSR count). The van der Waals surface area contributed by atoms with Crippen LogP contribution in [0.25, 0.3) is 0 Å². The zero-order chi connectivity index (χ0) is 13.1. The summed E-state index contributed by atoms with van der Waals surface area (Å²) in [6.07, 6.45) is 10.6. The third kappa shape index (κ3) is 6.80. The van der Waals surface area contributed by atoms with Gasteiger partial charge in [-0.25, -0.2) is 0 Å². The largest absolute Gasteiger partial charge is 0.330 e. The highest BCUT2D eigenvalue weighted by Gasteiger charge is 2.08. The number of hydrogen-bond acceptors (Lipinski definition) is 1. The smallest absolute Gasteiger partial charge is 0.00745 e. The van der Waals surface area contributed by atoms with Crippen molar-refractivity contribution in [2.24, 2.45) is 11.7 Å². The van der Waals surface area contributed by atoms with E-state index in [0.717, 1.165) is 12.5 Å². The average Bonchev–Trinajstić information content (AvgIpc) is 2.40. The fourth-order valence-electron chi connectivity index (χ4n) is 2.57. The molecular formula is C17H29N. The molecule has 1 aromatic carbocycles. The Morgan fingerprint density at radius 3 is 2.33 bits per heavy atom. The first kappa shape index (κ1) is 15.2. The summed E-state index contributed by atoms with van der Waals surface area (Å²) in [5.74, 6) is 0.777. The van der Waals surface area contributed by atoms with Crippen LogP contribution < -0.4 is 5.73 Å². The first-order chi connectivity index (χ1) is 8.86. The van der Waals surface area contributed by atoms with Crippen molar-refractivity contribution in [2.45, 2.75) is 58.3 Å². The second-order valence-corrected chi connectivity index (χ2v) is 5.34. The van der Waals surface area contributed by atoms with E-state index in [1.165, 1.54) is 56.9 Å². The molecule has 0 fully saturated rings. The predicted octanol–water partition coefficient (Wildman–Crippen LogP) is 4.55. The van der Waals surface area contributed by atoms with Gasteiger partial charge in [0.1, 0.15) is 0 Å². The van der Waals surface area contributed by atoms with Gasteiger partial charge in [-0.3, -0.25) is 0 Å². The van der Waals surface area contributed by atoms with Crippen molar-refractivity contribution in [1.29, 1.82) is 0 Å². The molecule has 0 saturated carbocycles. The molecular weight excluding hydrogens is 218 g/mol. The van der Waals surface area contributed by atoms with Crippen LogP contribution in [0.4, 0.5) is 0 Å². The standard InChI is InChI=1S/C17H29N/c1-2-3-4-5-7-12-17(13-14-18)15-16-10-8-6-9-11-16/h6,8-11,17H,2-5,7,12-15,18H2,1H3. The van der Waals surface area contributed by atoms with Crippen LogP contribution >= 0.6 is 0 Å². The molecule has 1 heteroatoms. The maximum atomic E-state index is 5.74. The molecule has 0 amide bonds. The fourth-order valence-corrected chi connectivity index (χ4v) is 2.57. The second kappa shape index (κ2) is 10.1. The first-order valence-corrected chi connectivity index (χ1v) is 7.60. The van der Waals surface area contributed by atoms with Crippen molar-refractivity contribution in [3.8, 4) is 0 Å². The fraction of sp³-hybridized carbons (Fsp3) is 0.647. The third-order valence-electron chi connectivity index (χ3n) is 3.66.